The molecule has 0 bridgehead atoms. The number of phenols is 1. The molecular weight excluding hydrogens is 500 g/mol. The van der Waals surface area contributed by atoms with Gasteiger partial charge in [-0.15, -0.1) is 0 Å². The van der Waals surface area contributed by atoms with Crippen molar-refractivity contribution >= 4 is 23.8 Å². The molecule has 39 heavy (non-hydrogen) atoms. The molecule has 1 aromatic rings. The minimum absolute atomic E-state index is 0.0984. The van der Waals surface area contributed by atoms with Crippen LogP contribution in [0, 0.1) is 6.92 Å². The number of hydrogen-bond acceptors (Lipinski definition) is 6. The van der Waals surface area contributed by atoms with Crippen LogP contribution in [0.4, 0.5) is 4.79 Å². The van der Waals surface area contributed by atoms with E-state index in [0.717, 1.165) is 32.1 Å². The standard InChI is InChI=1S/C29H48N4O6/c1-8-10-11-12-17-33(27(37)22(18-23(30)34)32-28(38)39-29(5,6)7)24(26(36)31-20(4)14-9-2)21-16-13-15-19(3)25(21)35/h13,15-16,20,22,24,35H,8-12,14,17-18H2,1-7H3,(H2,30,34)(H,31,36)(H,32,38). The van der Waals surface area contributed by atoms with Crippen molar-refractivity contribution in [2.45, 2.75) is 117 Å². The number of primary amides is 1. The van der Waals surface area contributed by atoms with Gasteiger partial charge in [-0.3, -0.25) is 14.4 Å². The molecule has 220 valence electrons. The third-order valence-electron chi connectivity index (χ3n) is 6.16. The first-order valence-corrected chi connectivity index (χ1v) is 13.9. The number of carbonyl (C=O) groups excluding carboxylic acids is 4. The SMILES string of the molecule is CCCCCCN(C(=O)C(CC(N)=O)NC(=O)OC(C)(C)C)C(C(=O)NC(C)CCC)c1cccc(C)c1O. The lowest BCUT2D eigenvalue weighted by Gasteiger charge is -2.35. The molecule has 0 aromatic heterocycles. The van der Waals surface area contributed by atoms with Crippen molar-refractivity contribution in [1.29, 1.82) is 0 Å². The Hall–Kier alpha value is -3.30. The summed E-state index contributed by atoms with van der Waals surface area (Å²) < 4.78 is 5.31. The van der Waals surface area contributed by atoms with Gasteiger partial charge in [0.05, 0.1) is 6.42 Å². The zero-order valence-electron chi connectivity index (χ0n) is 24.6. The molecule has 10 nitrogen and oxygen atoms in total. The molecule has 4 amide bonds. The van der Waals surface area contributed by atoms with E-state index >= 15 is 0 Å². The molecular formula is C29H48N4O6. The number of nitrogens with two attached hydrogens (primary N) is 1. The number of nitrogens with one attached hydrogen (secondary N) is 2. The van der Waals surface area contributed by atoms with E-state index in [1.807, 2.05) is 13.8 Å². The maximum Gasteiger partial charge on any atom is 0.408 e. The minimum atomic E-state index is -1.36. The van der Waals surface area contributed by atoms with Gasteiger partial charge in [0.2, 0.25) is 17.7 Å². The molecule has 5 N–H and O–H groups in total. The molecule has 0 fully saturated rings. The van der Waals surface area contributed by atoms with Crippen LogP contribution in [0.2, 0.25) is 0 Å². The van der Waals surface area contributed by atoms with Crippen LogP contribution in [0.25, 0.3) is 0 Å². The van der Waals surface area contributed by atoms with Gasteiger partial charge in [-0.05, 0) is 53.0 Å². The number of amides is 4. The van der Waals surface area contributed by atoms with Crippen LogP contribution in [-0.2, 0) is 19.1 Å². The third kappa shape index (κ3) is 11.5. The van der Waals surface area contributed by atoms with Crippen molar-refractivity contribution in [1.82, 2.24) is 15.5 Å². The topological polar surface area (TPSA) is 151 Å². The number of aryl methyl sites for hydroxylation is 1. The number of nitrogens with zero attached hydrogens (tertiary/aromatic N) is 1. The first kappa shape index (κ1) is 33.7. The number of alkyl carbamates (subject to hydrolysis) is 1. The van der Waals surface area contributed by atoms with Gasteiger partial charge in [-0.2, -0.15) is 0 Å². The molecule has 10 heteroatoms. The number of ether oxygens (including phenoxy) is 1. The predicted molar refractivity (Wildman–Crippen MR) is 151 cm³/mol. The maximum atomic E-state index is 14.1. The summed E-state index contributed by atoms with van der Waals surface area (Å²) in [4.78, 5) is 53.7. The first-order chi connectivity index (χ1) is 18.2. The minimum Gasteiger partial charge on any atom is -0.507 e. The van der Waals surface area contributed by atoms with E-state index in [4.69, 9.17) is 10.5 Å². The van der Waals surface area contributed by atoms with E-state index in [9.17, 15) is 24.3 Å². The highest BCUT2D eigenvalue weighted by Gasteiger charge is 2.38. The second-order valence-corrected chi connectivity index (χ2v) is 11.1. The zero-order valence-corrected chi connectivity index (χ0v) is 24.6. The summed E-state index contributed by atoms with van der Waals surface area (Å²) in [6.45, 7) is 12.8. The normalized spacial score (nSPS) is 13.6. The first-order valence-electron chi connectivity index (χ1n) is 13.9. The third-order valence-corrected chi connectivity index (χ3v) is 6.16. The molecule has 3 atom stereocenters. The number of unbranched alkanes of at least 4 members (excludes halogenated alkanes) is 3. The van der Waals surface area contributed by atoms with Crippen molar-refractivity contribution in [3.8, 4) is 5.75 Å². The van der Waals surface area contributed by atoms with Crippen LogP contribution >= 0.6 is 0 Å². The number of benzene rings is 1. The van der Waals surface area contributed by atoms with Crippen molar-refractivity contribution < 1.29 is 29.0 Å². The number of carbonyl (C=O) groups is 4. The van der Waals surface area contributed by atoms with E-state index in [1.165, 1.54) is 4.90 Å². The largest absolute Gasteiger partial charge is 0.507 e. The van der Waals surface area contributed by atoms with Gasteiger partial charge < -0.3 is 31.1 Å². The predicted octanol–water partition coefficient (Wildman–Crippen LogP) is 4.22. The summed E-state index contributed by atoms with van der Waals surface area (Å²) in [7, 11) is 0. The van der Waals surface area contributed by atoms with Crippen molar-refractivity contribution in [2.75, 3.05) is 6.54 Å². The van der Waals surface area contributed by atoms with Gasteiger partial charge in [0.1, 0.15) is 23.4 Å². The van der Waals surface area contributed by atoms with E-state index in [2.05, 4.69) is 17.6 Å². The number of aromatic hydroxyl groups is 1. The molecule has 3 unspecified atom stereocenters. The molecule has 1 aromatic carbocycles. The fraction of sp³-hybridized carbons (Fsp3) is 0.655. The van der Waals surface area contributed by atoms with Crippen LogP contribution in [0.5, 0.6) is 5.75 Å². The highest BCUT2D eigenvalue weighted by molar-refractivity contribution is 5.95. The summed E-state index contributed by atoms with van der Waals surface area (Å²) in [5.41, 5.74) is 5.41. The van der Waals surface area contributed by atoms with Gasteiger partial charge in [-0.1, -0.05) is 57.7 Å². The number of hydrogen-bond donors (Lipinski definition) is 4. The molecule has 0 heterocycles. The van der Waals surface area contributed by atoms with Crippen LogP contribution in [0.15, 0.2) is 18.2 Å². The lowest BCUT2D eigenvalue weighted by molar-refractivity contribution is -0.143. The number of phenolic OH excluding ortho intramolecular Hbond substituents is 1. The highest BCUT2D eigenvalue weighted by atomic mass is 16.6. The van der Waals surface area contributed by atoms with Gasteiger partial charge >= 0.3 is 6.09 Å². The van der Waals surface area contributed by atoms with Gasteiger partial charge in [-0.25, -0.2) is 4.79 Å². The van der Waals surface area contributed by atoms with Crippen LogP contribution in [0.1, 0.15) is 104 Å². The Kier molecular flexibility index (Phi) is 13.8. The van der Waals surface area contributed by atoms with Gasteiger partial charge in [0.25, 0.3) is 0 Å². The van der Waals surface area contributed by atoms with Crippen molar-refractivity contribution in [2.24, 2.45) is 5.73 Å². The molecule has 0 spiro atoms. The number of rotatable bonds is 15. The highest BCUT2D eigenvalue weighted by Crippen LogP contribution is 2.33. The Morgan fingerprint density at radius 1 is 1.05 bits per heavy atom. The Bertz CT molecular complexity index is 975. The molecule has 0 saturated heterocycles. The quantitative estimate of drug-likeness (QED) is 0.241. The van der Waals surface area contributed by atoms with Crippen LogP contribution in [-0.4, -0.2) is 58.1 Å². The van der Waals surface area contributed by atoms with Gasteiger partial charge in [0, 0.05) is 18.2 Å². The Balaban J connectivity index is 3.60. The van der Waals surface area contributed by atoms with Gasteiger partial charge in [0.15, 0.2) is 0 Å². The fourth-order valence-electron chi connectivity index (χ4n) is 4.31. The molecule has 0 aliphatic rings. The monoisotopic (exact) mass is 548 g/mol. The van der Waals surface area contributed by atoms with E-state index in [0.29, 0.717) is 12.0 Å². The summed E-state index contributed by atoms with van der Waals surface area (Å²) >= 11 is 0. The van der Waals surface area contributed by atoms with Crippen LogP contribution < -0.4 is 16.4 Å². The Morgan fingerprint density at radius 3 is 2.28 bits per heavy atom. The molecule has 0 aliphatic heterocycles. The Labute approximate surface area is 233 Å². The second kappa shape index (κ2) is 16.0. The average molecular weight is 549 g/mol. The number of para-hydroxylation sites is 1. The van der Waals surface area contributed by atoms with E-state index in [-0.39, 0.29) is 23.9 Å². The van der Waals surface area contributed by atoms with E-state index in [1.54, 1.807) is 45.9 Å². The summed E-state index contributed by atoms with van der Waals surface area (Å²) in [6.07, 6.45) is 3.50. The summed E-state index contributed by atoms with van der Waals surface area (Å²) in [5, 5.41) is 16.4. The average Bonchev–Trinajstić information content (AvgIpc) is 2.81. The van der Waals surface area contributed by atoms with Crippen molar-refractivity contribution in [3.63, 3.8) is 0 Å². The molecule has 0 saturated carbocycles. The fourth-order valence-corrected chi connectivity index (χ4v) is 4.31. The van der Waals surface area contributed by atoms with Crippen molar-refractivity contribution in [3.05, 3.63) is 29.3 Å². The second-order valence-electron chi connectivity index (χ2n) is 11.1. The molecule has 0 aliphatic carbocycles. The summed E-state index contributed by atoms with van der Waals surface area (Å²) in [5.74, 6) is -2.03. The smallest absolute Gasteiger partial charge is 0.408 e. The van der Waals surface area contributed by atoms with E-state index < -0.39 is 47.9 Å². The molecule has 0 radical (unpaired) electrons. The lowest BCUT2D eigenvalue weighted by atomic mass is 9.98. The van der Waals surface area contributed by atoms with Crippen LogP contribution in [0.3, 0.4) is 0 Å². The molecule has 1 rings (SSSR count). The summed E-state index contributed by atoms with van der Waals surface area (Å²) in [6, 6.07) is 2.29. The Morgan fingerprint density at radius 2 is 1.72 bits per heavy atom. The zero-order chi connectivity index (χ0) is 29.8. The maximum absolute atomic E-state index is 14.1. The lowest BCUT2D eigenvalue weighted by Crippen LogP contribution is -2.54.